The van der Waals surface area contributed by atoms with E-state index in [1.165, 1.54) is 24.3 Å². The summed E-state index contributed by atoms with van der Waals surface area (Å²) in [5.74, 6) is -1.39. The zero-order chi connectivity index (χ0) is 14.5. The third-order valence-corrected chi connectivity index (χ3v) is 3.83. The van der Waals surface area contributed by atoms with Crippen LogP contribution in [-0.4, -0.2) is 26.0 Å². The van der Waals surface area contributed by atoms with Gasteiger partial charge in [-0.1, -0.05) is 12.1 Å². The molecule has 0 spiro atoms. The number of nitrogens with one attached hydrogen (secondary N) is 1. The average molecular weight is 282 g/mol. The topological polar surface area (TPSA) is 107 Å². The summed E-state index contributed by atoms with van der Waals surface area (Å²) in [7, 11) is -3.66. The van der Waals surface area contributed by atoms with E-state index in [1.807, 2.05) is 6.07 Å². The van der Waals surface area contributed by atoms with Crippen molar-refractivity contribution in [3.05, 3.63) is 29.8 Å². The van der Waals surface area contributed by atoms with E-state index >= 15 is 0 Å². The lowest BCUT2D eigenvalue weighted by atomic mass is 10.2. The lowest BCUT2D eigenvalue weighted by Gasteiger charge is -2.08. The van der Waals surface area contributed by atoms with Crippen molar-refractivity contribution in [2.45, 2.75) is 18.2 Å². The molecule has 0 radical (unpaired) electrons. The maximum absolute atomic E-state index is 11.8. The third kappa shape index (κ3) is 4.69. The van der Waals surface area contributed by atoms with Gasteiger partial charge in [-0.05, 0) is 24.6 Å². The Morgan fingerprint density at radius 2 is 2.00 bits per heavy atom. The average Bonchev–Trinajstić information content (AvgIpc) is 2.36. The maximum Gasteiger partial charge on any atom is 0.307 e. The first-order valence-electron chi connectivity index (χ1n) is 5.55. The molecule has 6 nitrogen and oxygen atoms in total. The van der Waals surface area contributed by atoms with Crippen LogP contribution in [0.3, 0.4) is 0 Å². The number of benzene rings is 1. The van der Waals surface area contributed by atoms with Gasteiger partial charge in [0.1, 0.15) is 0 Å². The molecule has 0 aliphatic rings. The fourth-order valence-corrected chi connectivity index (χ4v) is 2.46. The summed E-state index contributed by atoms with van der Waals surface area (Å²) in [5, 5.41) is 17.2. The van der Waals surface area contributed by atoms with Gasteiger partial charge in [0.2, 0.25) is 10.0 Å². The van der Waals surface area contributed by atoms with Gasteiger partial charge in [0.25, 0.3) is 0 Å². The molecule has 0 aliphatic heterocycles. The van der Waals surface area contributed by atoms with E-state index in [-0.39, 0.29) is 17.9 Å². The van der Waals surface area contributed by atoms with Gasteiger partial charge in [-0.25, -0.2) is 13.1 Å². The van der Waals surface area contributed by atoms with E-state index in [0.29, 0.717) is 5.56 Å². The van der Waals surface area contributed by atoms with Crippen LogP contribution in [-0.2, 0) is 21.2 Å². The fraction of sp³-hybridized carbons (Fsp3) is 0.333. The van der Waals surface area contributed by atoms with Crippen molar-refractivity contribution in [3.8, 4) is 6.07 Å². The molecule has 0 bridgehead atoms. The van der Waals surface area contributed by atoms with Crippen LogP contribution in [0, 0.1) is 17.2 Å². The van der Waals surface area contributed by atoms with Crippen LogP contribution in [0.5, 0.6) is 0 Å². The minimum atomic E-state index is -3.66. The lowest BCUT2D eigenvalue weighted by Crippen LogP contribution is -2.28. The van der Waals surface area contributed by atoms with Crippen LogP contribution >= 0.6 is 0 Å². The Morgan fingerprint density at radius 3 is 2.47 bits per heavy atom. The Bertz CT molecular complexity index is 587. The van der Waals surface area contributed by atoms with E-state index in [9.17, 15) is 13.2 Å². The second-order valence-electron chi connectivity index (χ2n) is 4.10. The molecule has 0 amide bonds. The molecule has 0 fully saturated rings. The summed E-state index contributed by atoms with van der Waals surface area (Å²) in [6, 6.07) is 7.53. The molecule has 7 heteroatoms. The number of hydrogen-bond acceptors (Lipinski definition) is 4. The smallest absolute Gasteiger partial charge is 0.307 e. The predicted molar refractivity (Wildman–Crippen MR) is 67.7 cm³/mol. The molecule has 0 aliphatic carbocycles. The Labute approximate surface area is 111 Å². The van der Waals surface area contributed by atoms with Gasteiger partial charge in [-0.3, -0.25) is 4.79 Å². The maximum atomic E-state index is 11.8. The Hall–Kier alpha value is -1.91. The zero-order valence-corrected chi connectivity index (χ0v) is 11.1. The standard InChI is InChI=1S/C12H14N2O4S/c1-9(7-13)8-14-19(17,18)11-4-2-10(3-5-11)6-12(15)16/h2-5,9,14H,6,8H2,1H3,(H,15,16). The second kappa shape index (κ2) is 6.31. The van der Waals surface area contributed by atoms with Gasteiger partial charge in [0.05, 0.1) is 23.3 Å². The highest BCUT2D eigenvalue weighted by molar-refractivity contribution is 7.89. The summed E-state index contributed by atoms with van der Waals surface area (Å²) in [6.45, 7) is 1.65. The first-order valence-corrected chi connectivity index (χ1v) is 7.03. The van der Waals surface area contributed by atoms with Crippen molar-refractivity contribution in [3.63, 3.8) is 0 Å². The number of carboxylic acids is 1. The van der Waals surface area contributed by atoms with Gasteiger partial charge in [-0.2, -0.15) is 5.26 Å². The number of carbonyl (C=O) groups is 1. The molecule has 2 N–H and O–H groups in total. The summed E-state index contributed by atoms with van der Waals surface area (Å²) in [5.41, 5.74) is 0.525. The van der Waals surface area contributed by atoms with Crippen molar-refractivity contribution in [1.29, 1.82) is 5.26 Å². The molecular formula is C12H14N2O4S. The predicted octanol–water partition coefficient (Wildman–Crippen LogP) is 0.752. The summed E-state index contributed by atoms with van der Waals surface area (Å²) < 4.78 is 26.0. The molecule has 102 valence electrons. The Balaban J connectivity index is 2.79. The number of sulfonamides is 1. The molecule has 0 heterocycles. The number of hydrogen-bond donors (Lipinski definition) is 2. The molecule has 0 aromatic heterocycles. The first-order chi connectivity index (χ1) is 8.85. The van der Waals surface area contributed by atoms with Gasteiger partial charge >= 0.3 is 5.97 Å². The minimum Gasteiger partial charge on any atom is -0.481 e. The largest absolute Gasteiger partial charge is 0.481 e. The van der Waals surface area contributed by atoms with Crippen molar-refractivity contribution in [2.24, 2.45) is 5.92 Å². The molecule has 19 heavy (non-hydrogen) atoms. The van der Waals surface area contributed by atoms with Crippen molar-refractivity contribution >= 4 is 16.0 Å². The van der Waals surface area contributed by atoms with E-state index in [4.69, 9.17) is 10.4 Å². The summed E-state index contributed by atoms with van der Waals surface area (Å²) in [6.07, 6.45) is -0.154. The van der Waals surface area contributed by atoms with Gasteiger partial charge in [-0.15, -0.1) is 0 Å². The highest BCUT2D eigenvalue weighted by Crippen LogP contribution is 2.11. The van der Waals surface area contributed by atoms with E-state index in [2.05, 4.69) is 4.72 Å². The molecule has 1 aromatic carbocycles. The van der Waals surface area contributed by atoms with Crippen LogP contribution in [0.15, 0.2) is 29.2 Å². The number of aliphatic carboxylic acids is 1. The van der Waals surface area contributed by atoms with Crippen molar-refractivity contribution in [1.82, 2.24) is 4.72 Å². The fourth-order valence-electron chi connectivity index (χ4n) is 1.32. The second-order valence-corrected chi connectivity index (χ2v) is 5.86. The summed E-state index contributed by atoms with van der Waals surface area (Å²) in [4.78, 5) is 10.5. The van der Waals surface area contributed by atoms with Crippen LogP contribution in [0.4, 0.5) is 0 Å². The highest BCUT2D eigenvalue weighted by atomic mass is 32.2. The van der Waals surface area contributed by atoms with E-state index < -0.39 is 21.9 Å². The van der Waals surface area contributed by atoms with E-state index in [1.54, 1.807) is 6.92 Å². The molecule has 0 saturated carbocycles. The molecular weight excluding hydrogens is 268 g/mol. The van der Waals surface area contributed by atoms with Crippen LogP contribution in [0.25, 0.3) is 0 Å². The van der Waals surface area contributed by atoms with Crippen molar-refractivity contribution in [2.75, 3.05) is 6.54 Å². The molecule has 1 atom stereocenters. The first kappa shape index (κ1) is 15.1. The number of nitriles is 1. The number of rotatable bonds is 6. The van der Waals surface area contributed by atoms with Crippen LogP contribution in [0.1, 0.15) is 12.5 Å². The monoisotopic (exact) mass is 282 g/mol. The SMILES string of the molecule is CC(C#N)CNS(=O)(=O)c1ccc(CC(=O)O)cc1. The number of carboxylic acid groups (broad SMARTS) is 1. The normalized spacial score (nSPS) is 12.6. The van der Waals surface area contributed by atoms with E-state index in [0.717, 1.165) is 0 Å². The Morgan fingerprint density at radius 1 is 1.42 bits per heavy atom. The molecule has 1 aromatic rings. The third-order valence-electron chi connectivity index (χ3n) is 2.39. The quantitative estimate of drug-likeness (QED) is 0.800. The van der Waals surface area contributed by atoms with Gasteiger partial charge < -0.3 is 5.11 Å². The van der Waals surface area contributed by atoms with Gasteiger partial charge in [0.15, 0.2) is 0 Å². The van der Waals surface area contributed by atoms with Crippen molar-refractivity contribution < 1.29 is 18.3 Å². The summed E-state index contributed by atoms with van der Waals surface area (Å²) >= 11 is 0. The molecule has 1 unspecified atom stereocenters. The van der Waals surface area contributed by atoms with Gasteiger partial charge in [0, 0.05) is 6.54 Å². The Kier molecular flexibility index (Phi) is 5.03. The molecule has 0 saturated heterocycles. The lowest BCUT2D eigenvalue weighted by molar-refractivity contribution is -0.136. The highest BCUT2D eigenvalue weighted by Gasteiger charge is 2.15. The molecule has 1 rings (SSSR count). The number of nitrogens with zero attached hydrogens (tertiary/aromatic N) is 1. The zero-order valence-electron chi connectivity index (χ0n) is 10.3. The minimum absolute atomic E-state index is 0.0374. The van der Waals surface area contributed by atoms with Crippen LogP contribution < -0.4 is 4.72 Å². The van der Waals surface area contributed by atoms with Crippen LogP contribution in [0.2, 0.25) is 0 Å².